The summed E-state index contributed by atoms with van der Waals surface area (Å²) in [5, 5.41) is 8.49. The maximum absolute atomic E-state index is 12.7. The first-order valence-corrected chi connectivity index (χ1v) is 10.2. The second-order valence-electron chi connectivity index (χ2n) is 6.50. The Labute approximate surface area is 152 Å². The predicted molar refractivity (Wildman–Crippen MR) is 98.7 cm³/mol. The van der Waals surface area contributed by atoms with Crippen LogP contribution in [0.2, 0.25) is 0 Å². The number of nitrogens with zero attached hydrogens (tertiary/aromatic N) is 4. The Balaban J connectivity index is 1.49. The molecule has 1 fully saturated rings. The Morgan fingerprint density at radius 3 is 2.73 bits per heavy atom. The van der Waals surface area contributed by atoms with Crippen LogP contribution in [-0.4, -0.2) is 40.4 Å². The molecule has 1 N–H and O–H groups in total. The molecule has 0 bridgehead atoms. The predicted octanol–water partition coefficient (Wildman–Crippen LogP) is 1.94. The number of piperidine rings is 1. The fourth-order valence-electron chi connectivity index (χ4n) is 3.37. The number of hydrogen-bond acceptors (Lipinski definition) is 4. The number of pyridine rings is 1. The minimum Gasteiger partial charge on any atom is -0.286 e. The number of hydrogen-bond donors (Lipinski definition) is 1. The van der Waals surface area contributed by atoms with Gasteiger partial charge in [-0.15, -0.1) is 10.2 Å². The summed E-state index contributed by atoms with van der Waals surface area (Å²) in [6.45, 7) is 1.23. The van der Waals surface area contributed by atoms with Crippen molar-refractivity contribution in [2.24, 2.45) is 0 Å². The Morgan fingerprint density at radius 1 is 1.08 bits per heavy atom. The van der Waals surface area contributed by atoms with Crippen LogP contribution >= 0.6 is 0 Å². The van der Waals surface area contributed by atoms with Crippen LogP contribution in [-0.2, 0) is 16.8 Å². The van der Waals surface area contributed by atoms with E-state index in [0.717, 1.165) is 29.9 Å². The molecule has 2 aromatic heterocycles. The topological polar surface area (TPSA) is 79.6 Å². The second-order valence-corrected chi connectivity index (χ2v) is 8.25. The van der Waals surface area contributed by atoms with Gasteiger partial charge in [0.2, 0.25) is 0 Å². The summed E-state index contributed by atoms with van der Waals surface area (Å²) < 4.78 is 31.6. The van der Waals surface area contributed by atoms with Gasteiger partial charge in [-0.3, -0.25) is 4.40 Å². The molecule has 0 amide bonds. The van der Waals surface area contributed by atoms with Gasteiger partial charge >= 0.3 is 0 Å². The van der Waals surface area contributed by atoms with Gasteiger partial charge in [-0.05, 0) is 30.5 Å². The van der Waals surface area contributed by atoms with E-state index >= 15 is 0 Å². The Kier molecular flexibility index (Phi) is 4.71. The van der Waals surface area contributed by atoms with E-state index in [-0.39, 0.29) is 12.5 Å². The third-order valence-corrected chi connectivity index (χ3v) is 6.25. The lowest BCUT2D eigenvalue weighted by molar-refractivity contribution is 0.304. The van der Waals surface area contributed by atoms with Crippen molar-refractivity contribution in [3.63, 3.8) is 0 Å². The highest BCUT2D eigenvalue weighted by Crippen LogP contribution is 2.27. The van der Waals surface area contributed by atoms with E-state index in [4.69, 9.17) is 0 Å². The van der Waals surface area contributed by atoms with Crippen molar-refractivity contribution in [1.29, 1.82) is 0 Å². The number of aromatic nitrogens is 3. The molecule has 3 aromatic rings. The van der Waals surface area contributed by atoms with E-state index in [1.807, 2.05) is 59.1 Å². The fraction of sp³-hybridized carbons (Fsp3) is 0.333. The number of nitrogens with one attached hydrogen (secondary N) is 1. The molecule has 1 atom stereocenters. The van der Waals surface area contributed by atoms with Crippen LogP contribution in [0.5, 0.6) is 0 Å². The van der Waals surface area contributed by atoms with Gasteiger partial charge in [-0.1, -0.05) is 36.4 Å². The van der Waals surface area contributed by atoms with Crippen LogP contribution in [0.25, 0.3) is 5.65 Å². The van der Waals surface area contributed by atoms with Crippen LogP contribution in [0.4, 0.5) is 0 Å². The fourth-order valence-corrected chi connectivity index (χ4v) is 4.65. The molecule has 1 aromatic carbocycles. The third kappa shape index (κ3) is 3.48. The van der Waals surface area contributed by atoms with E-state index < -0.39 is 10.2 Å². The van der Waals surface area contributed by atoms with Gasteiger partial charge in [-0.2, -0.15) is 17.4 Å². The zero-order chi connectivity index (χ0) is 18.0. The molecule has 7 nitrogen and oxygen atoms in total. The van der Waals surface area contributed by atoms with E-state index in [1.54, 1.807) is 0 Å². The monoisotopic (exact) mass is 371 g/mol. The molecule has 0 unspecified atom stereocenters. The first-order valence-electron chi connectivity index (χ1n) is 8.72. The van der Waals surface area contributed by atoms with Crippen molar-refractivity contribution in [2.45, 2.75) is 25.3 Å². The van der Waals surface area contributed by atoms with Crippen molar-refractivity contribution in [2.75, 3.05) is 13.1 Å². The molecular weight excluding hydrogens is 350 g/mol. The number of benzene rings is 1. The van der Waals surface area contributed by atoms with Crippen LogP contribution in [0.1, 0.15) is 30.1 Å². The van der Waals surface area contributed by atoms with Crippen LogP contribution in [0, 0.1) is 0 Å². The summed E-state index contributed by atoms with van der Waals surface area (Å²) in [5.74, 6) is 0.859. The van der Waals surface area contributed by atoms with Gasteiger partial charge in [-0.25, -0.2) is 0 Å². The Morgan fingerprint density at radius 2 is 1.88 bits per heavy atom. The van der Waals surface area contributed by atoms with Gasteiger partial charge in [0.1, 0.15) is 5.82 Å². The lowest BCUT2D eigenvalue weighted by Gasteiger charge is -2.31. The summed E-state index contributed by atoms with van der Waals surface area (Å²) >= 11 is 0. The molecule has 1 aliphatic rings. The summed E-state index contributed by atoms with van der Waals surface area (Å²) in [6.07, 6.45) is 3.63. The summed E-state index contributed by atoms with van der Waals surface area (Å²) in [7, 11) is -3.53. The molecule has 0 saturated carbocycles. The summed E-state index contributed by atoms with van der Waals surface area (Å²) in [6, 6.07) is 15.3. The first kappa shape index (κ1) is 17.1. The summed E-state index contributed by atoms with van der Waals surface area (Å²) in [5.41, 5.74) is 1.72. The molecule has 136 valence electrons. The molecule has 4 rings (SSSR count). The van der Waals surface area contributed by atoms with Gasteiger partial charge in [0.25, 0.3) is 10.2 Å². The molecule has 1 saturated heterocycles. The van der Waals surface area contributed by atoms with Gasteiger partial charge in [0, 0.05) is 31.7 Å². The normalized spacial score (nSPS) is 19.0. The molecule has 26 heavy (non-hydrogen) atoms. The minimum absolute atomic E-state index is 0.0365. The van der Waals surface area contributed by atoms with Crippen molar-refractivity contribution in [3.05, 3.63) is 66.1 Å². The van der Waals surface area contributed by atoms with Gasteiger partial charge < -0.3 is 0 Å². The summed E-state index contributed by atoms with van der Waals surface area (Å²) in [4.78, 5) is 0. The Hall–Kier alpha value is -2.29. The van der Waals surface area contributed by atoms with Crippen molar-refractivity contribution in [3.8, 4) is 0 Å². The standard InChI is InChI=1S/C18H21N5O2S/c24-26(25,19-13-15-7-2-1-3-8-15)22-11-6-9-16(14-22)18-21-20-17-10-4-5-12-23(17)18/h1-5,7-8,10,12,16,19H,6,9,11,13-14H2/t16-/m1/s1. The van der Waals surface area contributed by atoms with Crippen LogP contribution in [0.3, 0.4) is 0 Å². The molecule has 0 spiro atoms. The highest BCUT2D eigenvalue weighted by molar-refractivity contribution is 7.87. The van der Waals surface area contributed by atoms with Crippen LogP contribution < -0.4 is 4.72 Å². The molecule has 1 aliphatic heterocycles. The quantitative estimate of drug-likeness (QED) is 0.743. The molecule has 0 radical (unpaired) electrons. The van der Waals surface area contributed by atoms with E-state index in [0.29, 0.717) is 13.1 Å². The molecule has 8 heteroatoms. The largest absolute Gasteiger partial charge is 0.286 e. The molecule has 3 heterocycles. The van der Waals surface area contributed by atoms with E-state index in [9.17, 15) is 8.42 Å². The van der Waals surface area contributed by atoms with Crippen molar-refractivity contribution < 1.29 is 8.42 Å². The number of rotatable bonds is 5. The third-order valence-electron chi connectivity index (χ3n) is 4.73. The van der Waals surface area contributed by atoms with E-state index in [1.165, 1.54) is 4.31 Å². The zero-order valence-corrected chi connectivity index (χ0v) is 15.1. The lowest BCUT2D eigenvalue weighted by Crippen LogP contribution is -2.45. The second kappa shape index (κ2) is 7.14. The van der Waals surface area contributed by atoms with Crippen molar-refractivity contribution in [1.82, 2.24) is 23.6 Å². The Bertz CT molecular complexity index is 987. The highest BCUT2D eigenvalue weighted by Gasteiger charge is 2.31. The van der Waals surface area contributed by atoms with Crippen LogP contribution in [0.15, 0.2) is 54.7 Å². The zero-order valence-electron chi connectivity index (χ0n) is 14.3. The number of fused-ring (bicyclic) bond motifs is 1. The smallest absolute Gasteiger partial charge is 0.279 e. The lowest BCUT2D eigenvalue weighted by atomic mass is 9.99. The van der Waals surface area contributed by atoms with Crippen molar-refractivity contribution >= 4 is 15.9 Å². The maximum atomic E-state index is 12.7. The first-order chi connectivity index (χ1) is 12.6. The van der Waals surface area contributed by atoms with Gasteiger partial charge in [0.05, 0.1) is 0 Å². The van der Waals surface area contributed by atoms with E-state index in [2.05, 4.69) is 14.9 Å². The molecule has 0 aliphatic carbocycles. The molecular formula is C18H21N5O2S. The average molecular weight is 371 g/mol. The highest BCUT2D eigenvalue weighted by atomic mass is 32.2. The maximum Gasteiger partial charge on any atom is 0.279 e. The SMILES string of the molecule is O=S(=O)(NCc1ccccc1)N1CCC[C@@H](c2nnc3ccccn23)C1. The minimum atomic E-state index is -3.53. The average Bonchev–Trinajstić information content (AvgIpc) is 3.12. The van der Waals surface area contributed by atoms with Gasteiger partial charge in [0.15, 0.2) is 5.65 Å².